The number of halogens is 2. The SMILES string of the molecule is Nc1cc(-c2cc(F)cc(Br)c2)nn1CCO. The minimum absolute atomic E-state index is 0.0435. The van der Waals surface area contributed by atoms with Crippen LogP contribution in [0.5, 0.6) is 0 Å². The van der Waals surface area contributed by atoms with Gasteiger partial charge in [0.15, 0.2) is 0 Å². The number of nitrogen functional groups attached to an aromatic ring is 1. The van der Waals surface area contributed by atoms with Gasteiger partial charge in [-0.3, -0.25) is 0 Å². The summed E-state index contributed by atoms with van der Waals surface area (Å²) in [4.78, 5) is 0. The average Bonchev–Trinajstić information content (AvgIpc) is 2.60. The zero-order valence-corrected chi connectivity index (χ0v) is 10.5. The van der Waals surface area contributed by atoms with Crippen LogP contribution in [0.2, 0.25) is 0 Å². The average molecular weight is 300 g/mol. The largest absolute Gasteiger partial charge is 0.394 e. The van der Waals surface area contributed by atoms with E-state index in [1.165, 1.54) is 16.8 Å². The number of aliphatic hydroxyl groups excluding tert-OH is 1. The van der Waals surface area contributed by atoms with Crippen LogP contribution < -0.4 is 5.73 Å². The van der Waals surface area contributed by atoms with Gasteiger partial charge < -0.3 is 10.8 Å². The Hall–Kier alpha value is -1.40. The Labute approximate surface area is 106 Å². The molecule has 90 valence electrons. The van der Waals surface area contributed by atoms with Crippen LogP contribution in [0.1, 0.15) is 0 Å². The Morgan fingerprint density at radius 2 is 2.12 bits per heavy atom. The van der Waals surface area contributed by atoms with Crippen LogP contribution in [0, 0.1) is 5.82 Å². The van der Waals surface area contributed by atoms with Crippen LogP contribution in [-0.2, 0) is 6.54 Å². The highest BCUT2D eigenvalue weighted by atomic mass is 79.9. The molecular weight excluding hydrogens is 289 g/mol. The second-order valence-corrected chi connectivity index (χ2v) is 4.47. The number of nitrogens with two attached hydrogens (primary N) is 1. The zero-order valence-electron chi connectivity index (χ0n) is 8.90. The van der Waals surface area contributed by atoms with Crippen molar-refractivity contribution in [2.24, 2.45) is 0 Å². The standard InChI is InChI=1S/C11H11BrFN3O/c12-8-3-7(4-9(13)5-8)10-6-11(14)16(15-10)1-2-17/h3-6,17H,1-2,14H2. The predicted octanol–water partition coefficient (Wildman–Crippen LogP) is 2.03. The molecule has 0 aliphatic heterocycles. The maximum atomic E-state index is 13.2. The highest BCUT2D eigenvalue weighted by Crippen LogP contribution is 2.25. The van der Waals surface area contributed by atoms with Gasteiger partial charge in [-0.1, -0.05) is 15.9 Å². The van der Waals surface area contributed by atoms with Crippen molar-refractivity contribution in [3.63, 3.8) is 0 Å². The molecule has 0 spiro atoms. The molecule has 17 heavy (non-hydrogen) atoms. The number of aromatic nitrogens is 2. The maximum absolute atomic E-state index is 13.2. The number of aliphatic hydroxyl groups is 1. The maximum Gasteiger partial charge on any atom is 0.125 e. The molecule has 0 bridgehead atoms. The van der Waals surface area contributed by atoms with Gasteiger partial charge in [-0.25, -0.2) is 9.07 Å². The lowest BCUT2D eigenvalue weighted by atomic mass is 10.1. The summed E-state index contributed by atoms with van der Waals surface area (Å²) < 4.78 is 15.4. The summed E-state index contributed by atoms with van der Waals surface area (Å²) in [6.07, 6.45) is 0. The third kappa shape index (κ3) is 2.65. The quantitative estimate of drug-likeness (QED) is 0.911. The summed E-state index contributed by atoms with van der Waals surface area (Å²) in [5.74, 6) is 0.0964. The Kier molecular flexibility index (Phi) is 3.44. The van der Waals surface area contributed by atoms with Crippen molar-refractivity contribution in [1.82, 2.24) is 9.78 Å². The molecule has 0 atom stereocenters. The minimum atomic E-state index is -0.343. The van der Waals surface area contributed by atoms with E-state index in [4.69, 9.17) is 10.8 Å². The molecule has 2 rings (SSSR count). The molecule has 0 fully saturated rings. The van der Waals surface area contributed by atoms with E-state index in [1.807, 2.05) is 0 Å². The van der Waals surface area contributed by atoms with Crippen molar-refractivity contribution in [1.29, 1.82) is 0 Å². The van der Waals surface area contributed by atoms with E-state index in [1.54, 1.807) is 12.1 Å². The van der Waals surface area contributed by atoms with Gasteiger partial charge in [0.05, 0.1) is 18.8 Å². The van der Waals surface area contributed by atoms with Gasteiger partial charge in [-0.2, -0.15) is 5.10 Å². The molecule has 1 heterocycles. The Morgan fingerprint density at radius 3 is 2.76 bits per heavy atom. The van der Waals surface area contributed by atoms with Gasteiger partial charge in [0, 0.05) is 16.1 Å². The van der Waals surface area contributed by atoms with Gasteiger partial charge in [0.2, 0.25) is 0 Å². The summed E-state index contributed by atoms with van der Waals surface area (Å²) in [7, 11) is 0. The van der Waals surface area contributed by atoms with Crippen LogP contribution in [0.3, 0.4) is 0 Å². The molecule has 4 nitrogen and oxygen atoms in total. The molecule has 0 aliphatic carbocycles. The minimum Gasteiger partial charge on any atom is -0.394 e. The number of hydrogen-bond acceptors (Lipinski definition) is 3. The molecule has 0 unspecified atom stereocenters. The fourth-order valence-electron chi connectivity index (χ4n) is 1.55. The van der Waals surface area contributed by atoms with Crippen molar-refractivity contribution in [2.45, 2.75) is 6.54 Å². The summed E-state index contributed by atoms with van der Waals surface area (Å²) in [5, 5.41) is 13.0. The number of benzene rings is 1. The van der Waals surface area contributed by atoms with E-state index >= 15 is 0 Å². The van der Waals surface area contributed by atoms with Gasteiger partial charge in [-0.05, 0) is 18.2 Å². The van der Waals surface area contributed by atoms with E-state index in [2.05, 4.69) is 21.0 Å². The molecule has 0 aliphatic rings. The smallest absolute Gasteiger partial charge is 0.125 e. The van der Waals surface area contributed by atoms with Crippen molar-refractivity contribution < 1.29 is 9.50 Å². The van der Waals surface area contributed by atoms with E-state index in [-0.39, 0.29) is 12.4 Å². The van der Waals surface area contributed by atoms with Crippen molar-refractivity contribution >= 4 is 21.7 Å². The second-order valence-electron chi connectivity index (χ2n) is 3.56. The second kappa shape index (κ2) is 4.85. The first-order valence-electron chi connectivity index (χ1n) is 5.01. The van der Waals surface area contributed by atoms with Gasteiger partial charge in [-0.15, -0.1) is 0 Å². The summed E-state index contributed by atoms with van der Waals surface area (Å²) >= 11 is 3.22. The normalized spacial score (nSPS) is 10.8. The van der Waals surface area contributed by atoms with Crippen molar-refractivity contribution in [2.75, 3.05) is 12.3 Å². The fourth-order valence-corrected chi connectivity index (χ4v) is 2.01. The molecule has 3 N–H and O–H groups in total. The molecule has 0 saturated heterocycles. The highest BCUT2D eigenvalue weighted by molar-refractivity contribution is 9.10. The van der Waals surface area contributed by atoms with Crippen LogP contribution in [0.25, 0.3) is 11.3 Å². The molecule has 6 heteroatoms. The topological polar surface area (TPSA) is 64.1 Å². The lowest BCUT2D eigenvalue weighted by Crippen LogP contribution is -2.07. The first kappa shape index (κ1) is 12.1. The van der Waals surface area contributed by atoms with Crippen LogP contribution in [0.15, 0.2) is 28.7 Å². The van der Waals surface area contributed by atoms with Gasteiger partial charge in [0.25, 0.3) is 0 Å². The van der Waals surface area contributed by atoms with Gasteiger partial charge >= 0.3 is 0 Å². The van der Waals surface area contributed by atoms with Crippen LogP contribution in [-0.4, -0.2) is 21.5 Å². The summed E-state index contributed by atoms with van der Waals surface area (Å²) in [6.45, 7) is 0.278. The Morgan fingerprint density at radius 1 is 1.35 bits per heavy atom. The molecule has 0 saturated carbocycles. The first-order valence-corrected chi connectivity index (χ1v) is 5.80. The number of nitrogens with zero attached hydrogens (tertiary/aromatic N) is 2. The highest BCUT2D eigenvalue weighted by Gasteiger charge is 2.08. The zero-order chi connectivity index (χ0) is 12.4. The molecule has 2 aromatic rings. The molecule has 0 amide bonds. The summed E-state index contributed by atoms with van der Waals surface area (Å²) in [6, 6.07) is 6.17. The monoisotopic (exact) mass is 299 g/mol. The first-order chi connectivity index (χ1) is 8.10. The molecular formula is C11H11BrFN3O. The number of rotatable bonds is 3. The van der Waals surface area contributed by atoms with Crippen molar-refractivity contribution in [3.8, 4) is 11.3 Å². The van der Waals surface area contributed by atoms with E-state index < -0.39 is 0 Å². The van der Waals surface area contributed by atoms with Crippen molar-refractivity contribution in [3.05, 3.63) is 34.6 Å². The number of hydrogen-bond donors (Lipinski definition) is 2. The Balaban J connectivity index is 2.42. The third-order valence-corrected chi connectivity index (χ3v) is 2.74. The summed E-state index contributed by atoms with van der Waals surface area (Å²) in [5.41, 5.74) is 6.94. The van der Waals surface area contributed by atoms with Crippen LogP contribution >= 0.6 is 15.9 Å². The lowest BCUT2D eigenvalue weighted by Gasteiger charge is -2.00. The van der Waals surface area contributed by atoms with Gasteiger partial charge in [0.1, 0.15) is 11.6 Å². The fraction of sp³-hybridized carbons (Fsp3) is 0.182. The molecule has 1 aromatic heterocycles. The van der Waals surface area contributed by atoms with E-state index in [0.717, 1.165) is 0 Å². The lowest BCUT2D eigenvalue weighted by molar-refractivity contribution is 0.270. The number of anilines is 1. The van der Waals surface area contributed by atoms with E-state index in [9.17, 15) is 4.39 Å². The Bertz CT molecular complexity index is 521. The molecule has 0 radical (unpaired) electrons. The van der Waals surface area contributed by atoms with Crippen LogP contribution in [0.4, 0.5) is 10.2 Å². The van der Waals surface area contributed by atoms with E-state index in [0.29, 0.717) is 28.1 Å². The third-order valence-electron chi connectivity index (χ3n) is 2.28. The molecule has 1 aromatic carbocycles. The predicted molar refractivity (Wildman–Crippen MR) is 66.8 cm³/mol.